The number of halogens is 1. The fourth-order valence-electron chi connectivity index (χ4n) is 6.43. The lowest BCUT2D eigenvalue weighted by Crippen LogP contribution is -2.40. The molecular formula is C33H34FNO6. The summed E-state index contributed by atoms with van der Waals surface area (Å²) in [4.78, 5) is 26.7. The summed E-state index contributed by atoms with van der Waals surface area (Å²) in [6.07, 6.45) is 1.16. The molecule has 3 aromatic rings. The maximum absolute atomic E-state index is 15.3. The second-order valence-corrected chi connectivity index (χ2v) is 11.0. The first-order valence-corrected chi connectivity index (χ1v) is 14.1. The highest BCUT2D eigenvalue weighted by atomic mass is 19.1. The van der Waals surface area contributed by atoms with Gasteiger partial charge in [-0.05, 0) is 78.8 Å². The van der Waals surface area contributed by atoms with E-state index >= 15 is 4.39 Å². The van der Waals surface area contributed by atoms with Crippen molar-refractivity contribution in [3.8, 4) is 22.6 Å². The monoisotopic (exact) mass is 559 g/mol. The number of methoxy groups -OCH3 is 1. The van der Waals surface area contributed by atoms with Crippen LogP contribution in [0.5, 0.6) is 11.5 Å². The van der Waals surface area contributed by atoms with Gasteiger partial charge in [-0.25, -0.2) is 4.39 Å². The van der Waals surface area contributed by atoms with Gasteiger partial charge < -0.3 is 23.8 Å². The molecule has 1 fully saturated rings. The van der Waals surface area contributed by atoms with E-state index in [4.69, 9.17) is 18.9 Å². The second kappa shape index (κ2) is 11.2. The highest BCUT2D eigenvalue weighted by molar-refractivity contribution is 5.96. The smallest absolute Gasteiger partial charge is 0.306 e. The van der Waals surface area contributed by atoms with Crippen LogP contribution in [0.2, 0.25) is 0 Å². The van der Waals surface area contributed by atoms with Crippen LogP contribution in [0.4, 0.5) is 4.39 Å². The third-order valence-corrected chi connectivity index (χ3v) is 8.41. The van der Waals surface area contributed by atoms with Crippen LogP contribution < -0.4 is 9.47 Å². The molecule has 2 aliphatic heterocycles. The number of carbonyl (C=O) groups excluding carboxylic acids is 2. The Labute approximate surface area is 239 Å². The van der Waals surface area contributed by atoms with Gasteiger partial charge in [0, 0.05) is 41.8 Å². The molecule has 0 unspecified atom stereocenters. The molecule has 2 heterocycles. The zero-order valence-corrected chi connectivity index (χ0v) is 23.6. The number of hydrogen-bond acceptors (Lipinski definition) is 6. The van der Waals surface area contributed by atoms with Crippen LogP contribution in [0.3, 0.4) is 0 Å². The maximum Gasteiger partial charge on any atom is 0.306 e. The number of amides is 1. The summed E-state index contributed by atoms with van der Waals surface area (Å²) in [6.45, 7) is 6.73. The number of rotatable bonds is 6. The van der Waals surface area contributed by atoms with Crippen molar-refractivity contribution >= 4 is 11.9 Å². The van der Waals surface area contributed by atoms with Crippen molar-refractivity contribution in [1.29, 1.82) is 0 Å². The SMILES string of the molecule is COC(=O)C[C@@H]1COc2cc(O[C@@H]3CCc4c(-c5c(C)cc(C(=O)N6CCOCC6)cc5C)ccc(F)c43)ccc21. The Morgan fingerprint density at radius 2 is 1.80 bits per heavy atom. The number of aryl methyl sites for hydroxylation is 2. The first kappa shape index (κ1) is 27.3. The van der Waals surface area contributed by atoms with Crippen LogP contribution in [0.15, 0.2) is 42.5 Å². The number of benzene rings is 3. The number of nitrogens with zero attached hydrogens (tertiary/aromatic N) is 1. The van der Waals surface area contributed by atoms with E-state index in [0.717, 1.165) is 33.4 Å². The van der Waals surface area contributed by atoms with Crippen LogP contribution in [-0.2, 0) is 20.7 Å². The van der Waals surface area contributed by atoms with E-state index in [9.17, 15) is 9.59 Å². The minimum Gasteiger partial charge on any atom is -0.492 e. The fourth-order valence-corrected chi connectivity index (χ4v) is 6.43. The summed E-state index contributed by atoms with van der Waals surface area (Å²) in [5, 5.41) is 0. The highest BCUT2D eigenvalue weighted by Crippen LogP contribution is 2.45. The molecule has 0 saturated carbocycles. The third-order valence-electron chi connectivity index (χ3n) is 8.41. The standard InChI is InChI=1S/C33H34FNO6/c1-19-14-21(33(37)35-10-12-39-13-11-35)15-20(2)31(19)25-6-8-27(34)32-26(25)7-9-28(32)41-23-4-5-24-22(16-30(36)38-3)18-40-29(24)17-23/h4-6,8,14-15,17,22,28H,7,9-13,16,18H2,1-3H3/t22-,28-/m1/s1. The summed E-state index contributed by atoms with van der Waals surface area (Å²) < 4.78 is 37.7. The Morgan fingerprint density at radius 3 is 2.54 bits per heavy atom. The first-order chi connectivity index (χ1) is 19.8. The number of morpholine rings is 1. The molecule has 0 N–H and O–H groups in total. The van der Waals surface area contributed by atoms with Gasteiger partial charge in [0.15, 0.2) is 0 Å². The van der Waals surface area contributed by atoms with Gasteiger partial charge in [-0.3, -0.25) is 9.59 Å². The maximum atomic E-state index is 15.3. The molecule has 1 amide bonds. The van der Waals surface area contributed by atoms with Crippen molar-refractivity contribution in [2.45, 2.75) is 45.1 Å². The van der Waals surface area contributed by atoms with Crippen molar-refractivity contribution in [2.75, 3.05) is 40.0 Å². The average Bonchev–Trinajstić information content (AvgIpc) is 3.58. The number of hydrogen-bond donors (Lipinski definition) is 0. The molecule has 214 valence electrons. The summed E-state index contributed by atoms with van der Waals surface area (Å²) in [5.74, 6) is 0.686. The van der Waals surface area contributed by atoms with E-state index in [1.165, 1.54) is 13.2 Å². The first-order valence-electron chi connectivity index (χ1n) is 14.1. The molecule has 3 aromatic carbocycles. The fraction of sp³-hybridized carbons (Fsp3) is 0.394. The topological polar surface area (TPSA) is 74.3 Å². The summed E-state index contributed by atoms with van der Waals surface area (Å²) in [7, 11) is 1.38. The summed E-state index contributed by atoms with van der Waals surface area (Å²) in [6, 6.07) is 12.8. The van der Waals surface area contributed by atoms with Gasteiger partial charge in [0.05, 0.1) is 33.4 Å². The quantitative estimate of drug-likeness (QED) is 0.362. The van der Waals surface area contributed by atoms with Gasteiger partial charge in [0.2, 0.25) is 0 Å². The van der Waals surface area contributed by atoms with Crippen molar-refractivity contribution in [3.63, 3.8) is 0 Å². The molecular weight excluding hydrogens is 525 g/mol. The Balaban J connectivity index is 1.26. The minimum atomic E-state index is -0.432. The van der Waals surface area contributed by atoms with E-state index in [1.807, 2.05) is 55.1 Å². The van der Waals surface area contributed by atoms with Crippen LogP contribution >= 0.6 is 0 Å². The molecule has 3 aliphatic rings. The Kier molecular flexibility index (Phi) is 7.43. The number of carbonyl (C=O) groups is 2. The normalized spacial score (nSPS) is 19.4. The third kappa shape index (κ3) is 5.17. The lowest BCUT2D eigenvalue weighted by Gasteiger charge is -2.27. The van der Waals surface area contributed by atoms with Crippen LogP contribution in [0.25, 0.3) is 11.1 Å². The average molecular weight is 560 g/mol. The molecule has 2 atom stereocenters. The summed E-state index contributed by atoms with van der Waals surface area (Å²) in [5.41, 5.74) is 7.12. The molecule has 6 rings (SSSR count). The molecule has 0 radical (unpaired) electrons. The van der Waals surface area contributed by atoms with E-state index in [2.05, 4.69) is 0 Å². The Bertz CT molecular complexity index is 1490. The molecule has 8 heteroatoms. The number of fused-ring (bicyclic) bond motifs is 2. The van der Waals surface area contributed by atoms with E-state index < -0.39 is 6.10 Å². The lowest BCUT2D eigenvalue weighted by atomic mass is 9.89. The van der Waals surface area contributed by atoms with Crippen molar-refractivity contribution in [3.05, 3.63) is 81.7 Å². The van der Waals surface area contributed by atoms with Gasteiger partial charge in [0.25, 0.3) is 5.91 Å². The van der Waals surface area contributed by atoms with E-state index in [0.29, 0.717) is 68.4 Å². The zero-order chi connectivity index (χ0) is 28.7. The van der Waals surface area contributed by atoms with Crippen LogP contribution in [0.1, 0.15) is 63.0 Å². The van der Waals surface area contributed by atoms with Gasteiger partial charge in [-0.2, -0.15) is 0 Å². The van der Waals surface area contributed by atoms with E-state index in [1.54, 1.807) is 0 Å². The Morgan fingerprint density at radius 1 is 1.05 bits per heavy atom. The van der Waals surface area contributed by atoms with Crippen LogP contribution in [-0.4, -0.2) is 56.8 Å². The molecule has 1 saturated heterocycles. The lowest BCUT2D eigenvalue weighted by molar-refractivity contribution is -0.141. The van der Waals surface area contributed by atoms with Crippen LogP contribution in [0, 0.1) is 19.7 Å². The van der Waals surface area contributed by atoms with Crippen molar-refractivity contribution in [2.24, 2.45) is 0 Å². The number of esters is 1. The molecule has 0 spiro atoms. The zero-order valence-electron chi connectivity index (χ0n) is 23.6. The van der Waals surface area contributed by atoms with Crippen molar-refractivity contribution in [1.82, 2.24) is 4.90 Å². The molecule has 0 aromatic heterocycles. The van der Waals surface area contributed by atoms with E-state index in [-0.39, 0.29) is 30.0 Å². The molecule has 1 aliphatic carbocycles. The number of ether oxygens (including phenoxy) is 4. The van der Waals surface area contributed by atoms with Gasteiger partial charge in [-0.1, -0.05) is 12.1 Å². The molecule has 41 heavy (non-hydrogen) atoms. The minimum absolute atomic E-state index is 0.0128. The highest BCUT2D eigenvalue weighted by Gasteiger charge is 2.32. The largest absolute Gasteiger partial charge is 0.492 e. The van der Waals surface area contributed by atoms with Crippen molar-refractivity contribution < 1.29 is 32.9 Å². The Hall–Kier alpha value is -3.91. The predicted molar refractivity (Wildman–Crippen MR) is 151 cm³/mol. The van der Waals surface area contributed by atoms with Gasteiger partial charge in [-0.15, -0.1) is 0 Å². The second-order valence-electron chi connectivity index (χ2n) is 11.0. The summed E-state index contributed by atoms with van der Waals surface area (Å²) >= 11 is 0. The molecule has 0 bridgehead atoms. The van der Waals surface area contributed by atoms with Gasteiger partial charge >= 0.3 is 5.97 Å². The van der Waals surface area contributed by atoms with Gasteiger partial charge in [0.1, 0.15) is 23.4 Å². The molecule has 7 nitrogen and oxygen atoms in total. The predicted octanol–water partition coefficient (Wildman–Crippen LogP) is 5.69.